The van der Waals surface area contributed by atoms with Crippen LogP contribution in [0.2, 0.25) is 5.02 Å². The molecule has 0 unspecified atom stereocenters. The molecule has 0 aliphatic carbocycles. The molecule has 5 heterocycles. The Morgan fingerprint density at radius 3 is 2.71 bits per heavy atom. The quantitative estimate of drug-likeness (QED) is 0.443. The predicted molar refractivity (Wildman–Crippen MR) is 126 cm³/mol. The number of nitrogens with one attached hydrogen (secondary N) is 3. The number of aryl methyl sites for hydroxylation is 1. The normalized spacial score (nSPS) is 23.0. The third-order valence-corrected chi connectivity index (χ3v) is 7.07. The Balaban J connectivity index is 1.56. The Kier molecular flexibility index (Phi) is 4.33. The van der Waals surface area contributed by atoms with Crippen molar-refractivity contribution >= 4 is 39.2 Å². The summed E-state index contributed by atoms with van der Waals surface area (Å²) in [5.41, 5.74) is 4.89. The summed E-state index contributed by atoms with van der Waals surface area (Å²) in [5, 5.41) is 5.32. The number of anilines is 1. The summed E-state index contributed by atoms with van der Waals surface area (Å²) in [6.45, 7) is 5.38. The first-order valence-electron chi connectivity index (χ1n) is 10.9. The van der Waals surface area contributed by atoms with Crippen molar-refractivity contribution in [2.24, 2.45) is 5.92 Å². The van der Waals surface area contributed by atoms with Gasteiger partial charge in [-0.15, -0.1) is 0 Å². The highest BCUT2D eigenvalue weighted by Gasteiger charge is 2.35. The highest BCUT2D eigenvalue weighted by atomic mass is 35.5. The number of rotatable bonds is 3. The number of aromatic nitrogens is 3. The van der Waals surface area contributed by atoms with E-state index in [1.54, 1.807) is 0 Å². The van der Waals surface area contributed by atoms with E-state index in [4.69, 9.17) is 16.6 Å². The van der Waals surface area contributed by atoms with E-state index in [0.717, 1.165) is 39.7 Å². The molecule has 1 atom stereocenters. The molecule has 7 rings (SSSR count). The molecule has 2 bridgehead atoms. The van der Waals surface area contributed by atoms with Gasteiger partial charge >= 0.3 is 0 Å². The van der Waals surface area contributed by atoms with E-state index in [2.05, 4.69) is 26.3 Å². The van der Waals surface area contributed by atoms with E-state index in [1.165, 1.54) is 25.9 Å². The Labute approximate surface area is 184 Å². The average Bonchev–Trinajstić information content (AvgIpc) is 3.17. The number of hydrogen-bond acceptors (Lipinski definition) is 4. The molecule has 31 heavy (non-hydrogen) atoms. The number of pyridine rings is 1. The van der Waals surface area contributed by atoms with Crippen LogP contribution in [-0.2, 0) is 0 Å². The van der Waals surface area contributed by atoms with Crippen LogP contribution in [0.25, 0.3) is 33.3 Å². The van der Waals surface area contributed by atoms with E-state index < -0.39 is 0 Å². The Morgan fingerprint density at radius 1 is 1.10 bits per heavy atom. The van der Waals surface area contributed by atoms with Gasteiger partial charge in [-0.3, -0.25) is 4.79 Å². The smallest absolute Gasteiger partial charge is 0.261 e. The molecule has 0 spiro atoms. The molecule has 0 saturated carbocycles. The van der Waals surface area contributed by atoms with Crippen LogP contribution in [0.15, 0.2) is 41.2 Å². The third kappa shape index (κ3) is 3.22. The molecule has 158 valence electrons. The van der Waals surface area contributed by atoms with Crippen LogP contribution in [0.4, 0.5) is 5.69 Å². The first-order valence-corrected chi connectivity index (χ1v) is 11.2. The minimum Gasteiger partial charge on any atom is -0.379 e. The monoisotopic (exact) mass is 433 g/mol. The second kappa shape index (κ2) is 7.11. The van der Waals surface area contributed by atoms with Crippen LogP contribution in [0.3, 0.4) is 0 Å². The molecule has 3 saturated heterocycles. The summed E-state index contributed by atoms with van der Waals surface area (Å²) in [6.07, 6.45) is 2.39. The lowest BCUT2D eigenvalue weighted by molar-refractivity contribution is 0.0976. The van der Waals surface area contributed by atoms with Gasteiger partial charge in [0.1, 0.15) is 11.4 Å². The van der Waals surface area contributed by atoms with Crippen LogP contribution in [0, 0.1) is 12.8 Å². The molecule has 4 aromatic rings. The van der Waals surface area contributed by atoms with Gasteiger partial charge in [0.2, 0.25) is 0 Å². The lowest BCUT2D eigenvalue weighted by Gasteiger charge is -2.45. The van der Waals surface area contributed by atoms with Crippen LogP contribution in [0.1, 0.15) is 18.4 Å². The molecule has 3 fully saturated rings. The highest BCUT2D eigenvalue weighted by Crippen LogP contribution is 2.36. The minimum atomic E-state index is -0.158. The van der Waals surface area contributed by atoms with Gasteiger partial charge in [0.05, 0.1) is 22.2 Å². The Hall–Kier alpha value is -2.83. The second-order valence-electron chi connectivity index (χ2n) is 8.89. The molecule has 0 radical (unpaired) electrons. The fraction of sp³-hybridized carbons (Fsp3) is 0.333. The van der Waals surface area contributed by atoms with Crippen molar-refractivity contribution in [1.82, 2.24) is 19.9 Å². The van der Waals surface area contributed by atoms with Gasteiger partial charge in [-0.05, 0) is 74.7 Å². The second-order valence-corrected chi connectivity index (χ2v) is 9.33. The van der Waals surface area contributed by atoms with Crippen molar-refractivity contribution in [2.45, 2.75) is 25.8 Å². The number of halogens is 1. The molecular formula is C24H24ClN5O. The summed E-state index contributed by atoms with van der Waals surface area (Å²) in [6, 6.07) is 12.0. The van der Waals surface area contributed by atoms with Crippen molar-refractivity contribution in [1.29, 1.82) is 0 Å². The summed E-state index contributed by atoms with van der Waals surface area (Å²) in [4.78, 5) is 26.9. The van der Waals surface area contributed by atoms with E-state index in [1.807, 2.05) is 37.3 Å². The maximum Gasteiger partial charge on any atom is 0.261 e. The summed E-state index contributed by atoms with van der Waals surface area (Å²) in [5.74, 6) is 1.19. The maximum absolute atomic E-state index is 13.3. The van der Waals surface area contributed by atoms with Crippen LogP contribution in [0.5, 0.6) is 0 Å². The van der Waals surface area contributed by atoms with Crippen molar-refractivity contribution in [3.8, 4) is 11.4 Å². The van der Waals surface area contributed by atoms with Crippen LogP contribution < -0.4 is 10.9 Å². The topological polar surface area (TPSA) is 76.8 Å². The zero-order valence-electron chi connectivity index (χ0n) is 17.3. The van der Waals surface area contributed by atoms with Gasteiger partial charge < -0.3 is 20.2 Å². The summed E-state index contributed by atoms with van der Waals surface area (Å²) in [7, 11) is 0. The first-order chi connectivity index (χ1) is 15.0. The standard InChI is InChI=1S/C24H24ClN5O/c1-13-2-4-18-19(10-13)28-23(27-18)21-22(26-20-12-30-8-6-14(20)7-9-30)16-11-15(25)3-5-17(16)29-24(21)31/h2-5,10-11,14,20H,6-9,12H2,1H3,(H,27,28)(H2,26,29,31)/t20-/m1/s1. The molecular weight excluding hydrogens is 410 g/mol. The summed E-state index contributed by atoms with van der Waals surface area (Å²) >= 11 is 6.36. The van der Waals surface area contributed by atoms with Gasteiger partial charge in [0.25, 0.3) is 5.56 Å². The zero-order chi connectivity index (χ0) is 21.1. The Morgan fingerprint density at radius 2 is 1.94 bits per heavy atom. The average molecular weight is 434 g/mol. The molecule has 7 heteroatoms. The fourth-order valence-electron chi connectivity index (χ4n) is 5.20. The fourth-order valence-corrected chi connectivity index (χ4v) is 5.37. The maximum atomic E-state index is 13.3. The number of piperidine rings is 3. The highest BCUT2D eigenvalue weighted by molar-refractivity contribution is 6.31. The van der Waals surface area contributed by atoms with Crippen molar-refractivity contribution < 1.29 is 0 Å². The Bertz CT molecular complexity index is 1370. The van der Waals surface area contributed by atoms with E-state index >= 15 is 0 Å². The largest absolute Gasteiger partial charge is 0.379 e. The van der Waals surface area contributed by atoms with Gasteiger partial charge in [-0.1, -0.05) is 17.7 Å². The molecule has 2 aromatic carbocycles. The molecule has 6 nitrogen and oxygen atoms in total. The first kappa shape index (κ1) is 18.9. The number of benzene rings is 2. The number of nitrogens with zero attached hydrogens (tertiary/aromatic N) is 2. The van der Waals surface area contributed by atoms with Crippen LogP contribution in [-0.4, -0.2) is 45.5 Å². The molecule has 3 aliphatic rings. The molecule has 0 amide bonds. The number of aromatic amines is 2. The molecule has 3 N–H and O–H groups in total. The van der Waals surface area contributed by atoms with Gasteiger partial charge in [0.15, 0.2) is 0 Å². The van der Waals surface area contributed by atoms with Crippen molar-refractivity contribution in [2.75, 3.05) is 25.0 Å². The van der Waals surface area contributed by atoms with E-state index in [-0.39, 0.29) is 5.56 Å². The predicted octanol–water partition coefficient (Wildman–Crippen LogP) is 4.54. The number of hydrogen-bond donors (Lipinski definition) is 3. The number of fused-ring (bicyclic) bond motifs is 5. The lowest BCUT2D eigenvalue weighted by atomic mass is 9.83. The van der Waals surface area contributed by atoms with Crippen molar-refractivity contribution in [3.05, 3.63) is 57.3 Å². The molecule has 2 aromatic heterocycles. The van der Waals surface area contributed by atoms with Crippen molar-refractivity contribution in [3.63, 3.8) is 0 Å². The zero-order valence-corrected chi connectivity index (χ0v) is 18.1. The SMILES string of the molecule is Cc1ccc2nc(-c3c(N[C@@H]4CN5CCC4CC5)c4cc(Cl)ccc4[nH]c3=O)[nH]c2c1. The minimum absolute atomic E-state index is 0.158. The van der Waals surface area contributed by atoms with E-state index in [9.17, 15) is 4.79 Å². The van der Waals surface area contributed by atoms with Gasteiger partial charge in [0, 0.05) is 23.0 Å². The van der Waals surface area contributed by atoms with Gasteiger partial charge in [-0.2, -0.15) is 0 Å². The van der Waals surface area contributed by atoms with Crippen LogP contribution >= 0.6 is 11.6 Å². The number of H-pyrrole nitrogens is 2. The molecule has 3 aliphatic heterocycles. The van der Waals surface area contributed by atoms with Gasteiger partial charge in [-0.25, -0.2) is 4.98 Å². The lowest BCUT2D eigenvalue weighted by Crippen LogP contribution is -2.53. The summed E-state index contributed by atoms with van der Waals surface area (Å²) < 4.78 is 0. The number of imidazole rings is 1. The third-order valence-electron chi connectivity index (χ3n) is 6.84. The van der Waals surface area contributed by atoms with E-state index in [0.29, 0.717) is 28.4 Å².